The summed E-state index contributed by atoms with van der Waals surface area (Å²) in [5, 5.41) is 12.3. The van der Waals surface area contributed by atoms with E-state index in [1.807, 2.05) is 0 Å². The summed E-state index contributed by atoms with van der Waals surface area (Å²) in [6, 6.07) is 14.1. The molecule has 0 fully saturated rings. The van der Waals surface area contributed by atoms with Gasteiger partial charge in [-0.05, 0) is 48.9 Å². The second kappa shape index (κ2) is 7.65. The summed E-state index contributed by atoms with van der Waals surface area (Å²) in [6.07, 6.45) is 1.53. The third kappa shape index (κ3) is 3.97. The Kier molecular flexibility index (Phi) is 5.12. The highest BCUT2D eigenvalue weighted by molar-refractivity contribution is 5.94. The summed E-state index contributed by atoms with van der Waals surface area (Å²) in [5.74, 6) is -0.372. The van der Waals surface area contributed by atoms with E-state index in [1.54, 1.807) is 37.3 Å². The van der Waals surface area contributed by atoms with Gasteiger partial charge in [-0.3, -0.25) is 4.79 Å². The first kappa shape index (κ1) is 17.4. The molecule has 132 valence electrons. The fourth-order valence-corrected chi connectivity index (χ4v) is 2.36. The van der Waals surface area contributed by atoms with Crippen LogP contribution in [0.5, 0.6) is 17.4 Å². The van der Waals surface area contributed by atoms with Crippen LogP contribution in [-0.4, -0.2) is 16.0 Å². The smallest absolute Gasteiger partial charge is 0.251 e. The molecular formula is C20H17FN2O3. The molecule has 0 saturated heterocycles. The Morgan fingerprint density at radius 3 is 2.77 bits per heavy atom. The molecule has 1 amide bonds. The Bertz CT molecular complexity index is 944. The Morgan fingerprint density at radius 2 is 2.00 bits per heavy atom. The number of nitrogens with one attached hydrogen (secondary N) is 1. The van der Waals surface area contributed by atoms with E-state index in [4.69, 9.17) is 4.74 Å². The fourth-order valence-electron chi connectivity index (χ4n) is 2.36. The zero-order valence-corrected chi connectivity index (χ0v) is 14.1. The lowest BCUT2D eigenvalue weighted by Crippen LogP contribution is -2.23. The number of halogens is 1. The van der Waals surface area contributed by atoms with E-state index in [-0.39, 0.29) is 29.8 Å². The first-order chi connectivity index (χ1) is 12.5. The second-order valence-electron chi connectivity index (χ2n) is 5.68. The topological polar surface area (TPSA) is 71.5 Å². The van der Waals surface area contributed by atoms with E-state index in [2.05, 4.69) is 10.3 Å². The predicted molar refractivity (Wildman–Crippen MR) is 94.7 cm³/mol. The molecular weight excluding hydrogens is 335 g/mol. The fraction of sp³-hybridized carbons (Fsp3) is 0.100. The van der Waals surface area contributed by atoms with Crippen molar-refractivity contribution in [2.24, 2.45) is 0 Å². The highest BCUT2D eigenvalue weighted by atomic mass is 19.1. The van der Waals surface area contributed by atoms with Crippen molar-refractivity contribution >= 4 is 5.91 Å². The molecule has 0 aliphatic rings. The zero-order chi connectivity index (χ0) is 18.5. The van der Waals surface area contributed by atoms with Crippen molar-refractivity contribution in [3.63, 3.8) is 0 Å². The molecule has 0 aliphatic heterocycles. The maximum absolute atomic E-state index is 13.8. The molecule has 0 saturated carbocycles. The first-order valence-electron chi connectivity index (χ1n) is 7.98. The Balaban J connectivity index is 1.73. The number of carbonyl (C=O) groups excluding carboxylic acids is 1. The number of nitrogens with zero attached hydrogens (tertiary/aromatic N) is 1. The predicted octanol–water partition coefficient (Wildman–Crippen LogP) is 3.96. The standard InChI is InChI=1S/C20H17FN2O3/c1-13-11-14(8-9-17(13)24)19(25)23-12-15-5-4-10-22-20(15)26-18-7-3-2-6-16(18)21/h2-11,24H,12H2,1H3,(H,23,25). The SMILES string of the molecule is Cc1cc(C(=O)NCc2cccnc2Oc2ccccc2F)ccc1O. The van der Waals surface area contributed by atoms with Gasteiger partial charge >= 0.3 is 0 Å². The third-order valence-corrected chi connectivity index (χ3v) is 3.79. The van der Waals surface area contributed by atoms with Gasteiger partial charge in [0.05, 0.1) is 0 Å². The van der Waals surface area contributed by atoms with Crippen molar-refractivity contribution in [2.75, 3.05) is 0 Å². The van der Waals surface area contributed by atoms with E-state index >= 15 is 0 Å². The number of aromatic hydroxyl groups is 1. The minimum absolute atomic E-state index is 0.0629. The molecule has 2 N–H and O–H groups in total. The van der Waals surface area contributed by atoms with Crippen LogP contribution >= 0.6 is 0 Å². The number of carbonyl (C=O) groups is 1. The maximum Gasteiger partial charge on any atom is 0.251 e. The van der Waals surface area contributed by atoms with Gasteiger partial charge < -0.3 is 15.2 Å². The highest BCUT2D eigenvalue weighted by Crippen LogP contribution is 2.25. The lowest BCUT2D eigenvalue weighted by molar-refractivity contribution is 0.0950. The van der Waals surface area contributed by atoms with Gasteiger partial charge in [0, 0.05) is 23.9 Å². The minimum atomic E-state index is -0.493. The molecule has 0 aliphatic carbocycles. The largest absolute Gasteiger partial charge is 0.508 e. The summed E-state index contributed by atoms with van der Waals surface area (Å²) in [7, 11) is 0. The van der Waals surface area contributed by atoms with Gasteiger partial charge in [-0.15, -0.1) is 0 Å². The van der Waals surface area contributed by atoms with E-state index in [1.165, 1.54) is 30.5 Å². The molecule has 1 aromatic heterocycles. The molecule has 0 radical (unpaired) electrons. The van der Waals surface area contributed by atoms with Gasteiger partial charge in [0.25, 0.3) is 5.91 Å². The van der Waals surface area contributed by atoms with Gasteiger partial charge in [-0.2, -0.15) is 0 Å². The van der Waals surface area contributed by atoms with Crippen LogP contribution in [-0.2, 0) is 6.54 Å². The van der Waals surface area contributed by atoms with Crippen molar-refractivity contribution < 1.29 is 19.0 Å². The van der Waals surface area contributed by atoms with E-state index < -0.39 is 5.82 Å². The Labute approximate surface area is 150 Å². The van der Waals surface area contributed by atoms with Crippen molar-refractivity contribution in [3.8, 4) is 17.4 Å². The van der Waals surface area contributed by atoms with Crippen molar-refractivity contribution in [3.05, 3.63) is 83.3 Å². The number of phenols is 1. The molecule has 26 heavy (non-hydrogen) atoms. The number of hydrogen-bond donors (Lipinski definition) is 2. The number of hydrogen-bond acceptors (Lipinski definition) is 4. The van der Waals surface area contributed by atoms with Crippen LogP contribution in [0.3, 0.4) is 0 Å². The quantitative estimate of drug-likeness (QED) is 0.729. The van der Waals surface area contributed by atoms with Crippen LogP contribution in [0.1, 0.15) is 21.5 Å². The van der Waals surface area contributed by atoms with Crippen LogP contribution in [0, 0.1) is 12.7 Å². The average molecular weight is 352 g/mol. The lowest BCUT2D eigenvalue weighted by atomic mass is 10.1. The molecule has 0 spiro atoms. The van der Waals surface area contributed by atoms with E-state index in [9.17, 15) is 14.3 Å². The number of para-hydroxylation sites is 1. The monoisotopic (exact) mass is 352 g/mol. The molecule has 3 rings (SSSR count). The Morgan fingerprint density at radius 1 is 1.19 bits per heavy atom. The minimum Gasteiger partial charge on any atom is -0.508 e. The van der Waals surface area contributed by atoms with Crippen LogP contribution in [0.25, 0.3) is 0 Å². The molecule has 0 atom stereocenters. The van der Waals surface area contributed by atoms with Crippen molar-refractivity contribution in [1.82, 2.24) is 10.3 Å². The summed E-state index contributed by atoms with van der Waals surface area (Å²) in [6.45, 7) is 1.88. The molecule has 6 heteroatoms. The van der Waals surface area contributed by atoms with Gasteiger partial charge in [0.1, 0.15) is 5.75 Å². The average Bonchev–Trinajstić information content (AvgIpc) is 2.65. The van der Waals surface area contributed by atoms with E-state index in [0.29, 0.717) is 16.7 Å². The summed E-state index contributed by atoms with van der Waals surface area (Å²) in [5.41, 5.74) is 1.66. The number of phenolic OH excluding ortho intramolecular Hbond substituents is 1. The molecule has 2 aromatic carbocycles. The van der Waals surface area contributed by atoms with Gasteiger partial charge in [0.2, 0.25) is 5.88 Å². The zero-order valence-electron chi connectivity index (χ0n) is 14.1. The highest BCUT2D eigenvalue weighted by Gasteiger charge is 2.12. The number of aromatic nitrogens is 1. The Hall–Kier alpha value is -3.41. The van der Waals surface area contributed by atoms with Crippen LogP contribution in [0.15, 0.2) is 60.8 Å². The molecule has 0 unspecified atom stereocenters. The van der Waals surface area contributed by atoms with Crippen molar-refractivity contribution in [2.45, 2.75) is 13.5 Å². The first-order valence-corrected chi connectivity index (χ1v) is 7.98. The molecule has 3 aromatic rings. The number of aryl methyl sites for hydroxylation is 1. The maximum atomic E-state index is 13.8. The van der Waals surface area contributed by atoms with E-state index in [0.717, 1.165) is 0 Å². The van der Waals surface area contributed by atoms with Gasteiger partial charge in [-0.1, -0.05) is 18.2 Å². The number of pyridine rings is 1. The van der Waals surface area contributed by atoms with Crippen molar-refractivity contribution in [1.29, 1.82) is 0 Å². The third-order valence-electron chi connectivity index (χ3n) is 3.79. The summed E-state index contributed by atoms with van der Waals surface area (Å²) < 4.78 is 19.3. The second-order valence-corrected chi connectivity index (χ2v) is 5.68. The van der Waals surface area contributed by atoms with Crippen LogP contribution in [0.4, 0.5) is 4.39 Å². The number of amides is 1. The van der Waals surface area contributed by atoms with Gasteiger partial charge in [0.15, 0.2) is 11.6 Å². The van der Waals surface area contributed by atoms with Crippen LogP contribution in [0.2, 0.25) is 0 Å². The number of ether oxygens (including phenoxy) is 1. The van der Waals surface area contributed by atoms with Gasteiger partial charge in [-0.25, -0.2) is 9.37 Å². The van der Waals surface area contributed by atoms with Crippen LogP contribution < -0.4 is 10.1 Å². The molecule has 5 nitrogen and oxygen atoms in total. The molecule has 1 heterocycles. The number of rotatable bonds is 5. The normalized spacial score (nSPS) is 10.4. The summed E-state index contributed by atoms with van der Waals surface area (Å²) in [4.78, 5) is 16.4. The summed E-state index contributed by atoms with van der Waals surface area (Å²) >= 11 is 0. The number of benzene rings is 2. The lowest BCUT2D eigenvalue weighted by Gasteiger charge is -2.11. The molecule has 0 bridgehead atoms.